The normalized spacial score (nSPS) is 8.06. The first-order valence-corrected chi connectivity index (χ1v) is 5.72. The van der Waals surface area contributed by atoms with Crippen LogP contribution in [0.3, 0.4) is 0 Å². The molecule has 1 rings (SSSR count). The first kappa shape index (κ1) is 17.9. The van der Waals surface area contributed by atoms with Crippen LogP contribution in [0.5, 0.6) is 11.5 Å². The molecular formula is C14H24O3. The van der Waals surface area contributed by atoms with Crippen molar-refractivity contribution in [1.29, 1.82) is 0 Å². The van der Waals surface area contributed by atoms with Crippen LogP contribution in [0.2, 0.25) is 0 Å². The summed E-state index contributed by atoms with van der Waals surface area (Å²) >= 11 is 0. The van der Waals surface area contributed by atoms with Gasteiger partial charge in [-0.1, -0.05) is 13.8 Å². The van der Waals surface area contributed by atoms with E-state index in [9.17, 15) is 0 Å². The standard InChI is InChI=1S/C10H14O3.C2H6.C2H4/c1-3-13-9-5-4-8(7-11)10(6-9)12-2;2*1-2/h4-6,11H,3,7H2,1-2H3;1-2H3;1-2H2. The Bertz CT molecular complexity index is 285. The minimum absolute atomic E-state index is 0.0183. The maximum absolute atomic E-state index is 8.95. The van der Waals surface area contributed by atoms with Gasteiger partial charge in [-0.25, -0.2) is 0 Å². The molecule has 0 saturated carbocycles. The fraction of sp³-hybridized carbons (Fsp3) is 0.429. The molecule has 0 aromatic heterocycles. The number of aliphatic hydroxyl groups is 1. The van der Waals surface area contributed by atoms with E-state index in [-0.39, 0.29) is 6.61 Å². The summed E-state index contributed by atoms with van der Waals surface area (Å²) in [5.74, 6) is 1.42. The molecule has 1 N–H and O–H groups in total. The Morgan fingerprint density at radius 2 is 1.82 bits per heavy atom. The Hall–Kier alpha value is -1.48. The van der Waals surface area contributed by atoms with E-state index in [1.807, 2.05) is 26.8 Å². The van der Waals surface area contributed by atoms with E-state index in [0.29, 0.717) is 12.4 Å². The van der Waals surface area contributed by atoms with Crippen LogP contribution in [0, 0.1) is 0 Å². The van der Waals surface area contributed by atoms with Crippen molar-refractivity contribution in [2.45, 2.75) is 27.4 Å². The highest BCUT2D eigenvalue weighted by Crippen LogP contribution is 2.24. The van der Waals surface area contributed by atoms with Crippen LogP contribution in [0.1, 0.15) is 26.3 Å². The molecule has 0 saturated heterocycles. The first-order chi connectivity index (χ1) is 8.31. The second-order valence-corrected chi connectivity index (χ2v) is 2.56. The van der Waals surface area contributed by atoms with Gasteiger partial charge >= 0.3 is 0 Å². The smallest absolute Gasteiger partial charge is 0.128 e. The van der Waals surface area contributed by atoms with Gasteiger partial charge in [-0.15, -0.1) is 13.2 Å². The molecule has 0 unspecified atom stereocenters. The van der Waals surface area contributed by atoms with Gasteiger partial charge in [-0.2, -0.15) is 0 Å². The first-order valence-electron chi connectivity index (χ1n) is 5.72. The number of benzene rings is 1. The van der Waals surface area contributed by atoms with E-state index in [4.69, 9.17) is 14.6 Å². The van der Waals surface area contributed by atoms with Crippen LogP contribution < -0.4 is 9.47 Å². The lowest BCUT2D eigenvalue weighted by atomic mass is 10.2. The average Bonchev–Trinajstić information content (AvgIpc) is 2.43. The summed E-state index contributed by atoms with van der Waals surface area (Å²) in [5, 5.41) is 8.95. The zero-order valence-corrected chi connectivity index (χ0v) is 11.3. The predicted octanol–water partition coefficient (Wildman–Crippen LogP) is 3.41. The number of aliphatic hydroxyl groups excluding tert-OH is 1. The summed E-state index contributed by atoms with van der Waals surface area (Å²) in [7, 11) is 1.57. The molecule has 0 fully saturated rings. The average molecular weight is 240 g/mol. The van der Waals surface area contributed by atoms with Gasteiger partial charge in [0, 0.05) is 11.6 Å². The van der Waals surface area contributed by atoms with Crippen molar-refractivity contribution < 1.29 is 14.6 Å². The van der Waals surface area contributed by atoms with Gasteiger partial charge in [-0.3, -0.25) is 0 Å². The maximum atomic E-state index is 8.95. The van der Waals surface area contributed by atoms with Crippen molar-refractivity contribution in [3.8, 4) is 11.5 Å². The molecule has 0 amide bonds. The van der Waals surface area contributed by atoms with Gasteiger partial charge in [-0.05, 0) is 19.1 Å². The maximum Gasteiger partial charge on any atom is 0.128 e. The van der Waals surface area contributed by atoms with Gasteiger partial charge in [0.2, 0.25) is 0 Å². The number of ether oxygens (including phenoxy) is 2. The SMILES string of the molecule is C=C.CC.CCOc1ccc(CO)c(OC)c1. The molecule has 1 aromatic carbocycles. The lowest BCUT2D eigenvalue weighted by Crippen LogP contribution is -1.95. The van der Waals surface area contributed by atoms with E-state index >= 15 is 0 Å². The highest BCUT2D eigenvalue weighted by atomic mass is 16.5. The summed E-state index contributed by atoms with van der Waals surface area (Å²) in [4.78, 5) is 0. The largest absolute Gasteiger partial charge is 0.496 e. The van der Waals surface area contributed by atoms with Crippen molar-refractivity contribution in [3.63, 3.8) is 0 Å². The zero-order chi connectivity index (χ0) is 13.7. The third-order valence-electron chi connectivity index (χ3n) is 1.74. The number of hydrogen-bond donors (Lipinski definition) is 1. The highest BCUT2D eigenvalue weighted by Gasteiger charge is 2.02. The van der Waals surface area contributed by atoms with Crippen molar-refractivity contribution in [1.82, 2.24) is 0 Å². The van der Waals surface area contributed by atoms with Crippen LogP contribution >= 0.6 is 0 Å². The molecule has 0 aliphatic rings. The zero-order valence-electron chi connectivity index (χ0n) is 11.3. The topological polar surface area (TPSA) is 38.7 Å². The third-order valence-corrected chi connectivity index (χ3v) is 1.74. The van der Waals surface area contributed by atoms with Gasteiger partial charge < -0.3 is 14.6 Å². The number of methoxy groups -OCH3 is 1. The van der Waals surface area contributed by atoms with Gasteiger partial charge in [0.15, 0.2) is 0 Å². The quantitative estimate of drug-likeness (QED) is 0.820. The van der Waals surface area contributed by atoms with Crippen LogP contribution in [-0.4, -0.2) is 18.8 Å². The summed E-state index contributed by atoms with van der Waals surface area (Å²) in [5.41, 5.74) is 0.769. The minimum atomic E-state index is -0.0183. The third kappa shape index (κ3) is 6.64. The van der Waals surface area contributed by atoms with Crippen molar-refractivity contribution >= 4 is 0 Å². The summed E-state index contributed by atoms with van der Waals surface area (Å²) < 4.78 is 10.4. The van der Waals surface area contributed by atoms with Crippen LogP contribution in [0.15, 0.2) is 31.4 Å². The van der Waals surface area contributed by atoms with Crippen molar-refractivity contribution in [3.05, 3.63) is 36.9 Å². The molecule has 0 atom stereocenters. The fourth-order valence-corrected chi connectivity index (χ4v) is 1.11. The van der Waals surface area contributed by atoms with E-state index in [1.165, 1.54) is 0 Å². The van der Waals surface area contributed by atoms with Crippen LogP contribution in [0.4, 0.5) is 0 Å². The molecule has 3 heteroatoms. The Morgan fingerprint density at radius 1 is 1.24 bits per heavy atom. The fourth-order valence-electron chi connectivity index (χ4n) is 1.11. The lowest BCUT2D eigenvalue weighted by Gasteiger charge is -2.08. The summed E-state index contributed by atoms with van der Waals surface area (Å²) in [6.45, 7) is 12.5. The van der Waals surface area contributed by atoms with Crippen molar-refractivity contribution in [2.24, 2.45) is 0 Å². The molecular weight excluding hydrogens is 216 g/mol. The Morgan fingerprint density at radius 3 is 2.24 bits per heavy atom. The predicted molar refractivity (Wildman–Crippen MR) is 72.7 cm³/mol. The Kier molecular flexibility index (Phi) is 13.3. The molecule has 0 spiro atoms. The van der Waals surface area contributed by atoms with E-state index in [0.717, 1.165) is 11.3 Å². The molecule has 0 heterocycles. The van der Waals surface area contributed by atoms with Crippen molar-refractivity contribution in [2.75, 3.05) is 13.7 Å². The molecule has 0 bridgehead atoms. The molecule has 0 aliphatic heterocycles. The summed E-state index contributed by atoms with van der Waals surface area (Å²) in [6.07, 6.45) is 0. The second-order valence-electron chi connectivity index (χ2n) is 2.56. The number of hydrogen-bond acceptors (Lipinski definition) is 3. The van der Waals surface area contributed by atoms with E-state index in [1.54, 1.807) is 19.2 Å². The second kappa shape index (κ2) is 12.6. The molecule has 0 radical (unpaired) electrons. The summed E-state index contributed by atoms with van der Waals surface area (Å²) in [6, 6.07) is 5.39. The van der Waals surface area contributed by atoms with E-state index < -0.39 is 0 Å². The number of rotatable bonds is 4. The Labute approximate surface area is 105 Å². The van der Waals surface area contributed by atoms with Gasteiger partial charge in [0.1, 0.15) is 11.5 Å². The van der Waals surface area contributed by atoms with Crippen LogP contribution in [-0.2, 0) is 6.61 Å². The van der Waals surface area contributed by atoms with Crippen LogP contribution in [0.25, 0.3) is 0 Å². The highest BCUT2D eigenvalue weighted by molar-refractivity contribution is 5.40. The molecule has 98 valence electrons. The molecule has 0 aliphatic carbocycles. The van der Waals surface area contributed by atoms with Gasteiger partial charge in [0.05, 0.1) is 20.3 Å². The molecule has 3 nitrogen and oxygen atoms in total. The van der Waals surface area contributed by atoms with Gasteiger partial charge in [0.25, 0.3) is 0 Å². The molecule has 1 aromatic rings. The monoisotopic (exact) mass is 240 g/mol. The Balaban J connectivity index is 0. The lowest BCUT2D eigenvalue weighted by molar-refractivity contribution is 0.272. The van der Waals surface area contributed by atoms with E-state index in [2.05, 4.69) is 13.2 Å². The molecule has 17 heavy (non-hydrogen) atoms. The minimum Gasteiger partial charge on any atom is -0.496 e.